The summed E-state index contributed by atoms with van der Waals surface area (Å²) in [7, 11) is 0. The van der Waals surface area contributed by atoms with Crippen LogP contribution in [0.4, 0.5) is 0 Å². The second kappa shape index (κ2) is 6.67. The summed E-state index contributed by atoms with van der Waals surface area (Å²) in [5.74, 6) is 1.27. The van der Waals surface area contributed by atoms with Gasteiger partial charge in [-0.2, -0.15) is 10.2 Å². The number of hydrogen-bond donors (Lipinski definition) is 0. The Morgan fingerprint density at radius 3 is 2.75 bits per heavy atom. The Morgan fingerprint density at radius 1 is 1.29 bits per heavy atom. The molecule has 0 bridgehead atoms. The maximum atomic E-state index is 13.1. The van der Waals surface area contributed by atoms with Crippen LogP contribution in [-0.4, -0.2) is 43.8 Å². The molecule has 0 N–H and O–H groups in total. The molecule has 24 heavy (non-hydrogen) atoms. The highest BCUT2D eigenvalue weighted by Crippen LogP contribution is 2.32. The van der Waals surface area contributed by atoms with E-state index in [9.17, 15) is 4.79 Å². The van der Waals surface area contributed by atoms with Crippen LogP contribution in [-0.2, 0) is 6.42 Å². The van der Waals surface area contributed by atoms with E-state index in [0.29, 0.717) is 23.8 Å². The summed E-state index contributed by atoms with van der Waals surface area (Å²) in [5, 5.41) is 16.3. The standard InChI is InChI=1S/C17H23N5O2/c1-5-15-14(9-10(2)18-20-15)17(23)22-8-6-7-13(11(22)3)16-21-19-12(4)24-16/h9,11,13H,5-8H2,1-4H3/t11-,13-/m0/s1. The van der Waals surface area contributed by atoms with Gasteiger partial charge >= 0.3 is 0 Å². The lowest BCUT2D eigenvalue weighted by Crippen LogP contribution is -2.46. The van der Waals surface area contributed by atoms with Crippen molar-refractivity contribution in [3.8, 4) is 0 Å². The summed E-state index contributed by atoms with van der Waals surface area (Å²) in [6, 6.07) is 1.84. The maximum absolute atomic E-state index is 13.1. The van der Waals surface area contributed by atoms with Crippen molar-refractivity contribution in [2.45, 2.75) is 58.9 Å². The number of carbonyl (C=O) groups is 1. The van der Waals surface area contributed by atoms with Crippen LogP contribution in [0.1, 0.15) is 66.1 Å². The van der Waals surface area contributed by atoms with Gasteiger partial charge in [-0.15, -0.1) is 10.2 Å². The molecule has 2 aromatic heterocycles. The Balaban J connectivity index is 1.88. The van der Waals surface area contributed by atoms with Crippen LogP contribution in [0.3, 0.4) is 0 Å². The van der Waals surface area contributed by atoms with Gasteiger partial charge in [-0.25, -0.2) is 0 Å². The van der Waals surface area contributed by atoms with E-state index in [0.717, 1.165) is 30.8 Å². The third kappa shape index (κ3) is 3.02. The van der Waals surface area contributed by atoms with E-state index < -0.39 is 0 Å². The lowest BCUT2D eigenvalue weighted by molar-refractivity contribution is 0.0580. The number of aromatic nitrogens is 4. The molecule has 7 heteroatoms. The molecule has 0 spiro atoms. The second-order valence-corrected chi connectivity index (χ2v) is 6.35. The number of amides is 1. The Hall–Kier alpha value is -2.31. The average Bonchev–Trinajstić information content (AvgIpc) is 3.00. The molecule has 0 saturated carbocycles. The van der Waals surface area contributed by atoms with Crippen LogP contribution in [0, 0.1) is 13.8 Å². The molecule has 0 aliphatic carbocycles. The molecule has 3 heterocycles. The van der Waals surface area contributed by atoms with Gasteiger partial charge in [0.05, 0.1) is 22.9 Å². The van der Waals surface area contributed by atoms with Crippen LogP contribution in [0.25, 0.3) is 0 Å². The molecule has 2 aromatic rings. The van der Waals surface area contributed by atoms with Crippen LogP contribution in [0.5, 0.6) is 0 Å². The van der Waals surface area contributed by atoms with Crippen LogP contribution < -0.4 is 0 Å². The molecule has 2 atom stereocenters. The number of rotatable bonds is 3. The predicted molar refractivity (Wildman–Crippen MR) is 87.7 cm³/mol. The Kier molecular flexibility index (Phi) is 4.59. The molecule has 1 fully saturated rings. The SMILES string of the molecule is CCc1nnc(C)cc1C(=O)N1CCC[C@H](c2nnc(C)o2)[C@@H]1C. The lowest BCUT2D eigenvalue weighted by Gasteiger charge is -2.38. The van der Waals surface area contributed by atoms with E-state index in [1.54, 1.807) is 6.92 Å². The minimum Gasteiger partial charge on any atom is -0.425 e. The molecule has 7 nitrogen and oxygen atoms in total. The maximum Gasteiger partial charge on any atom is 0.256 e. The van der Waals surface area contributed by atoms with Crippen molar-refractivity contribution in [3.05, 3.63) is 34.8 Å². The van der Waals surface area contributed by atoms with Crippen molar-refractivity contribution >= 4 is 5.91 Å². The van der Waals surface area contributed by atoms with Crippen molar-refractivity contribution in [2.75, 3.05) is 6.54 Å². The van der Waals surface area contributed by atoms with Crippen molar-refractivity contribution in [3.63, 3.8) is 0 Å². The van der Waals surface area contributed by atoms with Crippen molar-refractivity contribution in [2.24, 2.45) is 0 Å². The fraction of sp³-hybridized carbons (Fsp3) is 0.588. The van der Waals surface area contributed by atoms with E-state index in [1.807, 2.05) is 31.7 Å². The predicted octanol–water partition coefficient (Wildman–Crippen LogP) is 2.45. The largest absolute Gasteiger partial charge is 0.425 e. The second-order valence-electron chi connectivity index (χ2n) is 6.35. The summed E-state index contributed by atoms with van der Waals surface area (Å²) < 4.78 is 5.61. The molecule has 128 valence electrons. The van der Waals surface area contributed by atoms with Crippen molar-refractivity contribution < 1.29 is 9.21 Å². The number of carbonyl (C=O) groups excluding carboxylic acids is 1. The zero-order valence-corrected chi connectivity index (χ0v) is 14.6. The zero-order valence-electron chi connectivity index (χ0n) is 14.6. The number of aryl methyl sites for hydroxylation is 3. The zero-order chi connectivity index (χ0) is 17.3. The fourth-order valence-electron chi connectivity index (χ4n) is 3.34. The van der Waals surface area contributed by atoms with E-state index in [4.69, 9.17) is 4.42 Å². The first-order valence-corrected chi connectivity index (χ1v) is 8.45. The molecule has 0 radical (unpaired) electrons. The van der Waals surface area contributed by atoms with Gasteiger partial charge in [-0.3, -0.25) is 4.79 Å². The van der Waals surface area contributed by atoms with E-state index in [-0.39, 0.29) is 17.9 Å². The van der Waals surface area contributed by atoms with E-state index in [1.165, 1.54) is 0 Å². The highest BCUT2D eigenvalue weighted by Gasteiger charge is 2.36. The molecule has 1 amide bonds. The minimum atomic E-state index is 0.00396. The number of piperidine rings is 1. The highest BCUT2D eigenvalue weighted by atomic mass is 16.4. The van der Waals surface area contributed by atoms with Gasteiger partial charge in [-0.1, -0.05) is 6.92 Å². The number of nitrogens with zero attached hydrogens (tertiary/aromatic N) is 5. The molecule has 3 rings (SSSR count). The van der Waals surface area contributed by atoms with Crippen molar-refractivity contribution in [1.29, 1.82) is 0 Å². The fourth-order valence-corrected chi connectivity index (χ4v) is 3.34. The molecule has 0 aromatic carbocycles. The first kappa shape index (κ1) is 16.5. The number of hydrogen-bond acceptors (Lipinski definition) is 6. The summed E-state index contributed by atoms with van der Waals surface area (Å²) >= 11 is 0. The van der Waals surface area contributed by atoms with Gasteiger partial charge in [0.2, 0.25) is 11.8 Å². The van der Waals surface area contributed by atoms with Gasteiger partial charge in [0.1, 0.15) is 0 Å². The third-order valence-electron chi connectivity index (χ3n) is 4.67. The summed E-state index contributed by atoms with van der Waals surface area (Å²) in [6.07, 6.45) is 2.55. The van der Waals surface area contributed by atoms with Crippen LogP contribution in [0.15, 0.2) is 10.5 Å². The number of likely N-dealkylation sites (tertiary alicyclic amines) is 1. The molecule has 1 aliphatic heterocycles. The lowest BCUT2D eigenvalue weighted by atomic mass is 9.89. The molecule has 0 unspecified atom stereocenters. The van der Waals surface area contributed by atoms with E-state index >= 15 is 0 Å². The third-order valence-corrected chi connectivity index (χ3v) is 4.67. The molecule has 1 saturated heterocycles. The van der Waals surface area contributed by atoms with E-state index in [2.05, 4.69) is 20.4 Å². The summed E-state index contributed by atoms with van der Waals surface area (Å²) in [6.45, 7) is 8.40. The van der Waals surface area contributed by atoms with Gasteiger partial charge in [0, 0.05) is 19.5 Å². The first-order chi connectivity index (χ1) is 11.5. The molecular weight excluding hydrogens is 306 g/mol. The highest BCUT2D eigenvalue weighted by molar-refractivity contribution is 5.95. The van der Waals surface area contributed by atoms with Gasteiger partial charge in [-0.05, 0) is 39.2 Å². The first-order valence-electron chi connectivity index (χ1n) is 8.45. The Morgan fingerprint density at radius 2 is 2.08 bits per heavy atom. The van der Waals surface area contributed by atoms with Gasteiger partial charge in [0.25, 0.3) is 5.91 Å². The summed E-state index contributed by atoms with van der Waals surface area (Å²) in [5.41, 5.74) is 2.15. The monoisotopic (exact) mass is 329 g/mol. The molecular formula is C17H23N5O2. The van der Waals surface area contributed by atoms with Crippen molar-refractivity contribution in [1.82, 2.24) is 25.3 Å². The van der Waals surface area contributed by atoms with Crippen LogP contribution >= 0.6 is 0 Å². The minimum absolute atomic E-state index is 0.00396. The topological polar surface area (TPSA) is 85.0 Å². The average molecular weight is 329 g/mol. The van der Waals surface area contributed by atoms with Gasteiger partial charge < -0.3 is 9.32 Å². The Labute approximate surface area is 141 Å². The smallest absolute Gasteiger partial charge is 0.256 e. The normalized spacial score (nSPS) is 21.1. The Bertz CT molecular complexity index is 742. The molecule has 1 aliphatic rings. The van der Waals surface area contributed by atoms with Gasteiger partial charge in [0.15, 0.2) is 0 Å². The van der Waals surface area contributed by atoms with Crippen LogP contribution in [0.2, 0.25) is 0 Å². The summed E-state index contributed by atoms with van der Waals surface area (Å²) in [4.78, 5) is 15.0. The quantitative estimate of drug-likeness (QED) is 0.860.